The predicted octanol–water partition coefficient (Wildman–Crippen LogP) is 4.48. The van der Waals surface area contributed by atoms with Gasteiger partial charge < -0.3 is 19.5 Å². The number of allylic oxidation sites excluding steroid dienone is 2. The van der Waals surface area contributed by atoms with Crippen LogP contribution in [0, 0.1) is 0 Å². The third-order valence-electron chi connectivity index (χ3n) is 6.18. The van der Waals surface area contributed by atoms with Gasteiger partial charge in [0.15, 0.2) is 17.3 Å². The highest BCUT2D eigenvalue weighted by molar-refractivity contribution is 9.10. The van der Waals surface area contributed by atoms with Crippen molar-refractivity contribution in [3.05, 3.63) is 69.6 Å². The van der Waals surface area contributed by atoms with E-state index < -0.39 is 0 Å². The van der Waals surface area contributed by atoms with Gasteiger partial charge in [-0.05, 0) is 47.7 Å². The molecule has 3 aromatic rings. The highest BCUT2D eigenvalue weighted by atomic mass is 79.9. The first-order valence-corrected chi connectivity index (χ1v) is 11.3. The Morgan fingerprint density at radius 3 is 2.45 bits per heavy atom. The number of hydrogen-bond donors (Lipinski definition) is 1. The third-order valence-corrected chi connectivity index (χ3v) is 6.68. The van der Waals surface area contributed by atoms with E-state index in [1.807, 2.05) is 36.4 Å². The van der Waals surface area contributed by atoms with Crippen LogP contribution in [0.3, 0.4) is 0 Å². The first-order valence-electron chi connectivity index (χ1n) is 10.5. The lowest BCUT2D eigenvalue weighted by atomic mass is 9.78. The lowest BCUT2D eigenvalue weighted by Crippen LogP contribution is -2.33. The van der Waals surface area contributed by atoms with Crippen molar-refractivity contribution in [3.8, 4) is 17.2 Å². The van der Waals surface area contributed by atoms with Crippen LogP contribution in [-0.2, 0) is 4.79 Å². The quantitative estimate of drug-likeness (QED) is 0.541. The molecule has 33 heavy (non-hydrogen) atoms. The Bertz CT molecular complexity index is 1240. The van der Waals surface area contributed by atoms with Crippen LogP contribution in [0.4, 0.5) is 5.95 Å². The van der Waals surface area contributed by atoms with Crippen molar-refractivity contribution in [1.82, 2.24) is 14.8 Å². The molecule has 0 radical (unpaired) electrons. The number of Topliss-reactive ketones (excluding diaryl/α,β-unsaturated/α-hetero) is 1. The second-order valence-corrected chi connectivity index (χ2v) is 8.91. The molecule has 2 atom stereocenters. The van der Waals surface area contributed by atoms with Gasteiger partial charge in [0.2, 0.25) is 11.7 Å². The molecule has 0 fully saturated rings. The third kappa shape index (κ3) is 3.66. The fraction of sp³-hybridized carbons (Fsp3) is 0.292. The number of anilines is 1. The van der Waals surface area contributed by atoms with E-state index in [9.17, 15) is 4.79 Å². The van der Waals surface area contributed by atoms with Gasteiger partial charge in [-0.15, -0.1) is 0 Å². The number of ether oxygens (including phenoxy) is 3. The predicted molar refractivity (Wildman–Crippen MR) is 126 cm³/mol. The number of benzene rings is 2. The number of carbonyl (C=O) groups excluding carboxylic acids is 1. The van der Waals surface area contributed by atoms with Crippen molar-refractivity contribution < 1.29 is 19.0 Å². The number of fused-ring (bicyclic) bond motifs is 1. The monoisotopic (exact) mass is 510 g/mol. The van der Waals surface area contributed by atoms with Gasteiger partial charge in [-0.25, -0.2) is 4.68 Å². The maximum Gasteiger partial charge on any atom is 0.226 e. The van der Waals surface area contributed by atoms with Crippen LogP contribution in [0.1, 0.15) is 35.9 Å². The van der Waals surface area contributed by atoms with Crippen LogP contribution in [0.15, 0.2) is 58.5 Å². The lowest BCUT2D eigenvalue weighted by molar-refractivity contribution is -0.116. The molecule has 1 aliphatic heterocycles. The van der Waals surface area contributed by atoms with E-state index in [1.54, 1.807) is 26.0 Å². The van der Waals surface area contributed by atoms with E-state index in [4.69, 9.17) is 14.2 Å². The second kappa shape index (κ2) is 8.55. The molecule has 1 aromatic heterocycles. The van der Waals surface area contributed by atoms with Crippen molar-refractivity contribution in [1.29, 1.82) is 0 Å². The average Bonchev–Trinajstić information content (AvgIpc) is 3.29. The molecule has 0 bridgehead atoms. The van der Waals surface area contributed by atoms with E-state index in [0.717, 1.165) is 26.9 Å². The van der Waals surface area contributed by atoms with E-state index >= 15 is 0 Å². The summed E-state index contributed by atoms with van der Waals surface area (Å²) in [5, 5.41) is 7.76. The molecular formula is C24H23BrN4O4. The number of ketones is 1. The number of methoxy groups -OCH3 is 3. The van der Waals surface area contributed by atoms with Gasteiger partial charge in [0.1, 0.15) is 12.4 Å². The van der Waals surface area contributed by atoms with Crippen LogP contribution in [0.2, 0.25) is 0 Å². The molecule has 8 nitrogen and oxygen atoms in total. The summed E-state index contributed by atoms with van der Waals surface area (Å²) in [6.45, 7) is 0. The molecule has 2 heterocycles. The summed E-state index contributed by atoms with van der Waals surface area (Å²) in [5.41, 5.74) is 3.53. The summed E-state index contributed by atoms with van der Waals surface area (Å²) in [7, 11) is 4.75. The average molecular weight is 511 g/mol. The molecule has 0 amide bonds. The van der Waals surface area contributed by atoms with Crippen LogP contribution in [0.5, 0.6) is 17.2 Å². The Balaban J connectivity index is 1.58. The Labute approximate surface area is 199 Å². The SMILES string of the molecule is COc1cc(C2CC(=O)C3=C(C2)Nc2ncnn2C3c2cccc(Br)c2)cc(OC)c1OC. The fourth-order valence-corrected chi connectivity index (χ4v) is 5.13. The summed E-state index contributed by atoms with van der Waals surface area (Å²) in [6.07, 6.45) is 2.53. The molecule has 1 aliphatic carbocycles. The molecule has 2 aromatic carbocycles. The Hall–Kier alpha value is -3.33. The van der Waals surface area contributed by atoms with E-state index in [0.29, 0.717) is 36.0 Å². The Morgan fingerprint density at radius 1 is 1.03 bits per heavy atom. The Morgan fingerprint density at radius 2 is 1.79 bits per heavy atom. The lowest BCUT2D eigenvalue weighted by Gasteiger charge is -2.35. The van der Waals surface area contributed by atoms with Crippen LogP contribution in [0.25, 0.3) is 0 Å². The van der Waals surface area contributed by atoms with Gasteiger partial charge in [0.05, 0.1) is 21.3 Å². The largest absolute Gasteiger partial charge is 0.493 e. The molecule has 170 valence electrons. The molecule has 9 heteroatoms. The number of nitrogens with zero attached hydrogens (tertiary/aromatic N) is 3. The molecular weight excluding hydrogens is 488 g/mol. The number of hydrogen-bond acceptors (Lipinski definition) is 7. The first kappa shape index (κ1) is 21.5. The number of aromatic nitrogens is 3. The van der Waals surface area contributed by atoms with Gasteiger partial charge in [-0.1, -0.05) is 28.1 Å². The van der Waals surface area contributed by atoms with Crippen LogP contribution in [-0.4, -0.2) is 41.9 Å². The fourth-order valence-electron chi connectivity index (χ4n) is 4.71. The summed E-state index contributed by atoms with van der Waals surface area (Å²) >= 11 is 3.55. The van der Waals surface area contributed by atoms with Gasteiger partial charge in [-0.3, -0.25) is 4.79 Å². The highest BCUT2D eigenvalue weighted by Crippen LogP contribution is 2.47. The molecule has 2 unspecified atom stereocenters. The number of halogens is 1. The molecule has 0 saturated carbocycles. The van der Waals surface area contributed by atoms with Crippen molar-refractivity contribution >= 4 is 27.7 Å². The normalized spacial score (nSPS) is 19.5. The first-order chi connectivity index (χ1) is 16.0. The van der Waals surface area contributed by atoms with Crippen LogP contribution < -0.4 is 19.5 Å². The van der Waals surface area contributed by atoms with Gasteiger partial charge in [0.25, 0.3) is 0 Å². The standard InChI is InChI=1S/C24H23BrN4O4/c1-31-19-10-15(11-20(32-2)23(19)33-3)14-8-17-21(18(30)9-14)22(13-5-4-6-16(25)7-13)29-24(28-17)26-12-27-29/h4-7,10-12,14,22H,8-9H2,1-3H3,(H,26,27,28). The second-order valence-electron chi connectivity index (χ2n) is 7.99. The van der Waals surface area contributed by atoms with Crippen molar-refractivity contribution in [3.63, 3.8) is 0 Å². The maximum atomic E-state index is 13.6. The van der Waals surface area contributed by atoms with E-state index in [-0.39, 0.29) is 17.7 Å². The van der Waals surface area contributed by atoms with E-state index in [1.165, 1.54) is 6.33 Å². The van der Waals surface area contributed by atoms with E-state index in [2.05, 4.69) is 31.3 Å². The highest BCUT2D eigenvalue weighted by Gasteiger charge is 2.39. The molecule has 5 rings (SSSR count). The molecule has 2 aliphatic rings. The minimum absolute atomic E-state index is 0.0462. The van der Waals surface area contributed by atoms with Crippen LogP contribution >= 0.6 is 15.9 Å². The molecule has 0 spiro atoms. The van der Waals surface area contributed by atoms with Crippen molar-refractivity contribution in [2.75, 3.05) is 26.6 Å². The minimum atomic E-state index is -0.329. The smallest absolute Gasteiger partial charge is 0.226 e. The number of rotatable bonds is 5. The zero-order valence-electron chi connectivity index (χ0n) is 18.5. The zero-order chi connectivity index (χ0) is 23.1. The number of nitrogens with one attached hydrogen (secondary N) is 1. The summed E-state index contributed by atoms with van der Waals surface area (Å²) in [4.78, 5) is 18.0. The summed E-state index contributed by atoms with van der Waals surface area (Å²) in [5.74, 6) is 2.33. The molecule has 1 N–H and O–H groups in total. The maximum absolute atomic E-state index is 13.6. The zero-order valence-corrected chi connectivity index (χ0v) is 20.0. The minimum Gasteiger partial charge on any atom is -0.493 e. The van der Waals surface area contributed by atoms with Crippen molar-refractivity contribution in [2.24, 2.45) is 0 Å². The van der Waals surface area contributed by atoms with Crippen molar-refractivity contribution in [2.45, 2.75) is 24.8 Å². The molecule has 0 saturated heterocycles. The van der Waals surface area contributed by atoms with Gasteiger partial charge in [0, 0.05) is 22.2 Å². The van der Waals surface area contributed by atoms with Gasteiger partial charge >= 0.3 is 0 Å². The Kier molecular flexibility index (Phi) is 5.57. The summed E-state index contributed by atoms with van der Waals surface area (Å²) in [6, 6.07) is 11.5. The van der Waals surface area contributed by atoms with Gasteiger partial charge in [-0.2, -0.15) is 10.1 Å². The number of carbonyl (C=O) groups is 1. The topological polar surface area (TPSA) is 87.5 Å². The summed E-state index contributed by atoms with van der Waals surface area (Å²) < 4.78 is 19.2.